The predicted molar refractivity (Wildman–Crippen MR) is 60.1 cm³/mol. The molecule has 0 bridgehead atoms. The van der Waals surface area contributed by atoms with Crippen molar-refractivity contribution in [3.8, 4) is 0 Å². The molecule has 15 heavy (non-hydrogen) atoms. The van der Waals surface area contributed by atoms with Crippen molar-refractivity contribution in [3.63, 3.8) is 0 Å². The van der Waals surface area contributed by atoms with E-state index in [9.17, 15) is 9.90 Å². The van der Waals surface area contributed by atoms with E-state index in [1.54, 1.807) is 18.2 Å². The summed E-state index contributed by atoms with van der Waals surface area (Å²) in [6, 6.07) is 4.74. The lowest BCUT2D eigenvalue weighted by Gasteiger charge is -2.10. The lowest BCUT2D eigenvalue weighted by molar-refractivity contribution is -0.122. The number of aliphatic hydroxyl groups is 1. The smallest absolute Gasteiger partial charge is 0.222 e. The molecular weight excluding hydrogens is 237 g/mol. The van der Waals surface area contributed by atoms with E-state index in [1.165, 1.54) is 7.05 Å². The summed E-state index contributed by atoms with van der Waals surface area (Å²) in [5, 5.41) is 13.0. The summed E-state index contributed by atoms with van der Waals surface area (Å²) in [6.45, 7) is 0. The first-order valence-electron chi connectivity index (χ1n) is 4.37. The maximum absolute atomic E-state index is 11.0. The predicted octanol–water partition coefficient (Wildman–Crippen LogP) is 2.16. The van der Waals surface area contributed by atoms with Gasteiger partial charge in [0, 0.05) is 17.1 Å². The van der Waals surface area contributed by atoms with E-state index < -0.39 is 6.10 Å². The number of nitrogens with one attached hydrogen (secondary N) is 1. The van der Waals surface area contributed by atoms with Gasteiger partial charge in [-0.2, -0.15) is 0 Å². The Kier molecular flexibility index (Phi) is 4.39. The number of rotatable bonds is 3. The zero-order valence-corrected chi connectivity index (χ0v) is 9.64. The van der Waals surface area contributed by atoms with Crippen molar-refractivity contribution in [3.05, 3.63) is 33.8 Å². The van der Waals surface area contributed by atoms with Crippen LogP contribution in [-0.2, 0) is 4.79 Å². The lowest BCUT2D eigenvalue weighted by atomic mass is 10.1. The van der Waals surface area contributed by atoms with Crippen molar-refractivity contribution in [2.24, 2.45) is 0 Å². The minimum atomic E-state index is -0.888. The van der Waals surface area contributed by atoms with Crippen molar-refractivity contribution in [1.29, 1.82) is 0 Å². The van der Waals surface area contributed by atoms with Gasteiger partial charge in [-0.25, -0.2) is 0 Å². The van der Waals surface area contributed by atoms with E-state index >= 15 is 0 Å². The molecule has 0 spiro atoms. The van der Waals surface area contributed by atoms with Crippen LogP contribution in [0.1, 0.15) is 18.1 Å². The van der Waals surface area contributed by atoms with Gasteiger partial charge in [0.1, 0.15) is 0 Å². The highest BCUT2D eigenvalue weighted by Gasteiger charge is 2.13. The second kappa shape index (κ2) is 5.35. The molecule has 2 N–H and O–H groups in total. The summed E-state index contributed by atoms with van der Waals surface area (Å²) in [6.07, 6.45) is -0.895. The quantitative estimate of drug-likeness (QED) is 0.861. The van der Waals surface area contributed by atoms with Crippen LogP contribution < -0.4 is 5.32 Å². The summed E-state index contributed by atoms with van der Waals surface area (Å²) in [5.74, 6) is -0.237. The fraction of sp³-hybridized carbons (Fsp3) is 0.300. The molecule has 0 fully saturated rings. The van der Waals surface area contributed by atoms with Crippen molar-refractivity contribution in [1.82, 2.24) is 5.32 Å². The van der Waals surface area contributed by atoms with Gasteiger partial charge in [0.2, 0.25) is 5.91 Å². The van der Waals surface area contributed by atoms with Crippen LogP contribution in [0.15, 0.2) is 18.2 Å². The highest BCUT2D eigenvalue weighted by atomic mass is 35.5. The van der Waals surface area contributed by atoms with Crippen molar-refractivity contribution < 1.29 is 9.90 Å². The minimum Gasteiger partial charge on any atom is -0.388 e. The molecule has 1 aromatic carbocycles. The number of carbonyl (C=O) groups excluding carboxylic acids is 1. The van der Waals surface area contributed by atoms with Gasteiger partial charge < -0.3 is 10.4 Å². The average Bonchev–Trinajstić information content (AvgIpc) is 2.16. The van der Waals surface area contributed by atoms with Gasteiger partial charge in [-0.1, -0.05) is 23.2 Å². The molecule has 1 atom stereocenters. The van der Waals surface area contributed by atoms with Gasteiger partial charge in [-0.15, -0.1) is 0 Å². The molecule has 0 saturated heterocycles. The Balaban J connectivity index is 2.81. The molecule has 3 nitrogen and oxygen atoms in total. The minimum absolute atomic E-state index is 0.00677. The molecule has 0 aliphatic carbocycles. The van der Waals surface area contributed by atoms with E-state index in [1.807, 2.05) is 0 Å². The SMILES string of the molecule is CNC(=O)CC(O)c1cc(Cl)cc(Cl)c1. The van der Waals surface area contributed by atoms with E-state index in [-0.39, 0.29) is 12.3 Å². The normalized spacial score (nSPS) is 12.3. The van der Waals surface area contributed by atoms with Crippen LogP contribution in [-0.4, -0.2) is 18.1 Å². The summed E-state index contributed by atoms with van der Waals surface area (Å²) in [5.41, 5.74) is 0.538. The molecule has 1 unspecified atom stereocenters. The molecule has 1 amide bonds. The van der Waals surface area contributed by atoms with Crippen molar-refractivity contribution in [2.75, 3.05) is 7.05 Å². The third-order valence-electron chi connectivity index (χ3n) is 1.93. The number of amides is 1. The first-order chi connectivity index (χ1) is 7.02. The second-order valence-corrected chi connectivity index (χ2v) is 3.97. The van der Waals surface area contributed by atoms with E-state index in [0.717, 1.165) is 0 Å². The van der Waals surface area contributed by atoms with Crippen LogP contribution in [0, 0.1) is 0 Å². The van der Waals surface area contributed by atoms with Crippen LogP contribution in [0.3, 0.4) is 0 Å². The maximum Gasteiger partial charge on any atom is 0.222 e. The fourth-order valence-corrected chi connectivity index (χ4v) is 1.71. The average molecular weight is 248 g/mol. The van der Waals surface area contributed by atoms with Crippen LogP contribution in [0.2, 0.25) is 10.0 Å². The van der Waals surface area contributed by atoms with Gasteiger partial charge in [0.05, 0.1) is 12.5 Å². The molecular formula is C10H11Cl2NO2. The molecule has 0 radical (unpaired) electrons. The summed E-state index contributed by atoms with van der Waals surface area (Å²) >= 11 is 11.5. The summed E-state index contributed by atoms with van der Waals surface area (Å²) in [7, 11) is 1.51. The van der Waals surface area contributed by atoms with Crippen molar-refractivity contribution in [2.45, 2.75) is 12.5 Å². The third kappa shape index (κ3) is 3.70. The van der Waals surface area contributed by atoms with Crippen molar-refractivity contribution >= 4 is 29.1 Å². The van der Waals surface area contributed by atoms with Gasteiger partial charge in [0.15, 0.2) is 0 Å². The van der Waals surface area contributed by atoms with Gasteiger partial charge in [-0.3, -0.25) is 4.79 Å². The molecule has 1 rings (SSSR count). The Morgan fingerprint density at radius 2 is 1.93 bits per heavy atom. The highest BCUT2D eigenvalue weighted by Crippen LogP contribution is 2.25. The monoisotopic (exact) mass is 247 g/mol. The zero-order chi connectivity index (χ0) is 11.4. The number of benzene rings is 1. The standard InChI is InChI=1S/C10H11Cl2NO2/c1-13-10(15)5-9(14)6-2-7(11)4-8(12)3-6/h2-4,9,14H,5H2,1H3,(H,13,15). The Morgan fingerprint density at radius 1 is 1.40 bits per heavy atom. The summed E-state index contributed by atoms with van der Waals surface area (Å²) < 4.78 is 0. The molecule has 0 heterocycles. The molecule has 0 aromatic heterocycles. The van der Waals surface area contributed by atoms with Crippen LogP contribution in [0.4, 0.5) is 0 Å². The number of carbonyl (C=O) groups is 1. The molecule has 5 heteroatoms. The zero-order valence-electron chi connectivity index (χ0n) is 8.13. The first-order valence-corrected chi connectivity index (χ1v) is 5.13. The lowest BCUT2D eigenvalue weighted by Crippen LogP contribution is -2.20. The number of hydrogen-bond acceptors (Lipinski definition) is 2. The molecule has 1 aromatic rings. The molecule has 0 saturated carbocycles. The Bertz CT molecular complexity index is 348. The Hall–Kier alpha value is -0.770. The van der Waals surface area contributed by atoms with Gasteiger partial charge in [0.25, 0.3) is 0 Å². The topological polar surface area (TPSA) is 49.3 Å². The molecule has 0 aliphatic heterocycles. The van der Waals surface area contributed by atoms with Crippen LogP contribution >= 0.6 is 23.2 Å². The van der Waals surface area contributed by atoms with Gasteiger partial charge in [-0.05, 0) is 23.8 Å². The molecule has 82 valence electrons. The van der Waals surface area contributed by atoms with E-state index in [0.29, 0.717) is 15.6 Å². The first kappa shape index (κ1) is 12.3. The van der Waals surface area contributed by atoms with E-state index in [2.05, 4.69) is 5.32 Å². The third-order valence-corrected chi connectivity index (χ3v) is 2.36. The second-order valence-electron chi connectivity index (χ2n) is 3.10. The summed E-state index contributed by atoms with van der Waals surface area (Å²) in [4.78, 5) is 11.0. The Labute approximate surface area is 98.0 Å². The van der Waals surface area contributed by atoms with Gasteiger partial charge >= 0.3 is 0 Å². The Morgan fingerprint density at radius 3 is 2.40 bits per heavy atom. The number of aliphatic hydroxyl groups excluding tert-OH is 1. The fourth-order valence-electron chi connectivity index (χ4n) is 1.16. The highest BCUT2D eigenvalue weighted by molar-refractivity contribution is 6.34. The number of hydrogen-bond donors (Lipinski definition) is 2. The largest absolute Gasteiger partial charge is 0.388 e. The molecule has 0 aliphatic rings. The maximum atomic E-state index is 11.0. The van der Waals surface area contributed by atoms with Crippen LogP contribution in [0.5, 0.6) is 0 Å². The number of halogens is 2. The van der Waals surface area contributed by atoms with E-state index in [4.69, 9.17) is 23.2 Å². The van der Waals surface area contributed by atoms with Crippen LogP contribution in [0.25, 0.3) is 0 Å².